The number of benzene rings is 2. The fourth-order valence-corrected chi connectivity index (χ4v) is 4.98. The summed E-state index contributed by atoms with van der Waals surface area (Å²) in [7, 11) is -2.29. The number of carbonyl (C=O) groups is 2. The van der Waals surface area contributed by atoms with Gasteiger partial charge in [0.1, 0.15) is 18.3 Å². The van der Waals surface area contributed by atoms with Crippen LogP contribution in [0.3, 0.4) is 0 Å². The molecule has 1 aliphatic carbocycles. The van der Waals surface area contributed by atoms with Crippen LogP contribution in [0.2, 0.25) is 0 Å². The maximum Gasteiger partial charge on any atom is 0.244 e. The monoisotopic (exact) mass is 487 g/mol. The molecule has 2 aromatic carbocycles. The molecule has 0 aliphatic heterocycles. The molecule has 9 heteroatoms. The van der Waals surface area contributed by atoms with E-state index in [1.807, 2.05) is 30.3 Å². The lowest BCUT2D eigenvalue weighted by Crippen LogP contribution is -2.52. The van der Waals surface area contributed by atoms with Crippen LogP contribution in [0.15, 0.2) is 54.6 Å². The number of sulfonamides is 1. The van der Waals surface area contributed by atoms with Gasteiger partial charge in [-0.05, 0) is 37.5 Å². The van der Waals surface area contributed by atoms with Gasteiger partial charge in [0, 0.05) is 18.7 Å². The minimum absolute atomic E-state index is 0.118. The maximum absolute atomic E-state index is 13.5. The van der Waals surface area contributed by atoms with Gasteiger partial charge in [0.15, 0.2) is 0 Å². The van der Waals surface area contributed by atoms with Gasteiger partial charge in [-0.3, -0.25) is 13.9 Å². The second kappa shape index (κ2) is 11.4. The summed E-state index contributed by atoms with van der Waals surface area (Å²) in [6.07, 6.45) is 5.08. The molecule has 0 radical (unpaired) electrons. The molecule has 0 saturated heterocycles. The van der Waals surface area contributed by atoms with Gasteiger partial charge in [0.25, 0.3) is 0 Å². The van der Waals surface area contributed by atoms with E-state index in [4.69, 9.17) is 4.74 Å². The van der Waals surface area contributed by atoms with Crippen molar-refractivity contribution in [1.82, 2.24) is 10.2 Å². The highest BCUT2D eigenvalue weighted by Crippen LogP contribution is 2.24. The molecule has 0 spiro atoms. The molecule has 2 amide bonds. The quantitative estimate of drug-likeness (QED) is 0.556. The van der Waals surface area contributed by atoms with E-state index in [1.54, 1.807) is 31.2 Å². The summed E-state index contributed by atoms with van der Waals surface area (Å²) in [5, 5.41) is 3.05. The summed E-state index contributed by atoms with van der Waals surface area (Å²) in [6.45, 7) is 1.44. The third-order valence-corrected chi connectivity index (χ3v) is 7.23. The Morgan fingerprint density at radius 2 is 1.76 bits per heavy atom. The molecular formula is C25H33N3O5S. The van der Waals surface area contributed by atoms with Crippen LogP contribution in [0.5, 0.6) is 5.75 Å². The molecule has 0 aromatic heterocycles. The Morgan fingerprint density at radius 1 is 1.09 bits per heavy atom. The zero-order chi connectivity index (χ0) is 24.7. The van der Waals surface area contributed by atoms with Crippen molar-refractivity contribution in [2.75, 3.05) is 24.2 Å². The highest BCUT2D eigenvalue weighted by Gasteiger charge is 2.31. The summed E-state index contributed by atoms with van der Waals surface area (Å²) < 4.78 is 31.5. The lowest BCUT2D eigenvalue weighted by Gasteiger charge is -2.32. The number of anilines is 1. The van der Waals surface area contributed by atoms with E-state index in [1.165, 1.54) is 12.0 Å². The van der Waals surface area contributed by atoms with Crippen LogP contribution in [0.1, 0.15) is 38.2 Å². The van der Waals surface area contributed by atoms with E-state index < -0.39 is 28.5 Å². The van der Waals surface area contributed by atoms with Crippen LogP contribution in [0, 0.1) is 0 Å². The van der Waals surface area contributed by atoms with Crippen molar-refractivity contribution in [3.8, 4) is 5.75 Å². The van der Waals surface area contributed by atoms with Crippen LogP contribution in [0.25, 0.3) is 0 Å². The van der Waals surface area contributed by atoms with E-state index in [2.05, 4.69) is 5.32 Å². The Morgan fingerprint density at radius 3 is 2.38 bits per heavy atom. The van der Waals surface area contributed by atoms with Crippen LogP contribution < -0.4 is 14.4 Å². The summed E-state index contributed by atoms with van der Waals surface area (Å²) in [5.74, 6) is -0.223. The average molecular weight is 488 g/mol. The number of hydrogen-bond acceptors (Lipinski definition) is 5. The Balaban J connectivity index is 1.86. The molecule has 3 rings (SSSR count). The van der Waals surface area contributed by atoms with Gasteiger partial charge in [-0.15, -0.1) is 0 Å². The number of nitrogens with zero attached hydrogens (tertiary/aromatic N) is 2. The first-order valence-electron chi connectivity index (χ1n) is 11.4. The zero-order valence-corrected chi connectivity index (χ0v) is 20.8. The van der Waals surface area contributed by atoms with Gasteiger partial charge in [-0.25, -0.2) is 8.42 Å². The average Bonchev–Trinajstić information content (AvgIpc) is 3.33. The Bertz CT molecular complexity index is 1080. The van der Waals surface area contributed by atoms with E-state index >= 15 is 0 Å². The lowest BCUT2D eigenvalue weighted by molar-refractivity contribution is -0.139. The smallest absolute Gasteiger partial charge is 0.244 e. The molecule has 2 aromatic rings. The molecule has 8 nitrogen and oxygen atoms in total. The number of carbonyl (C=O) groups excluding carboxylic acids is 2. The normalized spacial score (nSPS) is 14.9. The maximum atomic E-state index is 13.5. The second-order valence-corrected chi connectivity index (χ2v) is 10.6. The lowest BCUT2D eigenvalue weighted by atomic mass is 10.1. The van der Waals surface area contributed by atoms with Gasteiger partial charge in [0.05, 0.1) is 19.1 Å². The number of ether oxygens (including phenoxy) is 1. The SMILES string of the molecule is COc1cccc(N(CC(=O)N(Cc2ccccc2)[C@H](C)C(=O)NC2CCCC2)S(C)(=O)=O)c1. The molecule has 0 unspecified atom stereocenters. The van der Waals surface area contributed by atoms with Crippen LogP contribution in [-0.4, -0.2) is 57.1 Å². The predicted octanol–water partition coefficient (Wildman–Crippen LogP) is 2.94. The molecule has 34 heavy (non-hydrogen) atoms. The fraction of sp³-hybridized carbons (Fsp3) is 0.440. The van der Waals surface area contributed by atoms with Crippen molar-refractivity contribution in [3.05, 3.63) is 60.2 Å². The standard InChI is InChI=1S/C25H33N3O5S/c1-19(25(30)26-21-12-7-8-13-21)27(17-20-10-5-4-6-11-20)24(29)18-28(34(3,31)32)22-14-9-15-23(16-22)33-2/h4-6,9-11,14-16,19,21H,7-8,12-13,17-18H2,1-3H3,(H,26,30)/t19-/m1/s1. The summed E-state index contributed by atoms with van der Waals surface area (Å²) in [6, 6.07) is 15.2. The number of hydrogen-bond donors (Lipinski definition) is 1. The van der Waals surface area contributed by atoms with Crippen molar-refractivity contribution in [2.24, 2.45) is 0 Å². The molecule has 1 saturated carbocycles. The van der Waals surface area contributed by atoms with Gasteiger partial charge in [0.2, 0.25) is 21.8 Å². The molecule has 0 bridgehead atoms. The van der Waals surface area contributed by atoms with Crippen LogP contribution >= 0.6 is 0 Å². The first-order chi connectivity index (χ1) is 16.2. The number of rotatable bonds is 10. The minimum atomic E-state index is -3.78. The number of amides is 2. The highest BCUT2D eigenvalue weighted by atomic mass is 32.2. The summed E-state index contributed by atoms with van der Waals surface area (Å²) in [4.78, 5) is 28.0. The molecule has 184 valence electrons. The number of methoxy groups -OCH3 is 1. The van der Waals surface area contributed by atoms with Crippen LogP contribution in [0.4, 0.5) is 5.69 Å². The fourth-order valence-electron chi connectivity index (χ4n) is 4.13. The van der Waals surface area contributed by atoms with Crippen molar-refractivity contribution >= 4 is 27.5 Å². The highest BCUT2D eigenvalue weighted by molar-refractivity contribution is 7.92. The molecule has 1 aliphatic rings. The Labute approximate surface area is 201 Å². The predicted molar refractivity (Wildman–Crippen MR) is 132 cm³/mol. The molecule has 1 N–H and O–H groups in total. The van der Waals surface area contributed by atoms with Gasteiger partial charge >= 0.3 is 0 Å². The first kappa shape index (κ1) is 25.6. The van der Waals surface area contributed by atoms with E-state index in [0.717, 1.165) is 41.8 Å². The third-order valence-electron chi connectivity index (χ3n) is 6.09. The van der Waals surface area contributed by atoms with Crippen molar-refractivity contribution in [1.29, 1.82) is 0 Å². The zero-order valence-electron chi connectivity index (χ0n) is 19.9. The Hall–Kier alpha value is -3.07. The number of nitrogens with one attached hydrogen (secondary N) is 1. The molecular weight excluding hydrogens is 454 g/mol. The second-order valence-electron chi connectivity index (χ2n) is 8.64. The van der Waals surface area contributed by atoms with E-state index in [9.17, 15) is 18.0 Å². The molecule has 1 atom stereocenters. The summed E-state index contributed by atoms with van der Waals surface area (Å²) >= 11 is 0. The summed E-state index contributed by atoms with van der Waals surface area (Å²) in [5.41, 5.74) is 1.17. The van der Waals surface area contributed by atoms with Crippen molar-refractivity contribution < 1.29 is 22.7 Å². The van der Waals surface area contributed by atoms with Crippen molar-refractivity contribution in [2.45, 2.75) is 51.2 Å². The minimum Gasteiger partial charge on any atom is -0.497 e. The van der Waals surface area contributed by atoms with E-state index in [-0.39, 0.29) is 18.5 Å². The largest absolute Gasteiger partial charge is 0.497 e. The molecule has 0 heterocycles. The van der Waals surface area contributed by atoms with Gasteiger partial charge < -0.3 is 15.0 Å². The topological polar surface area (TPSA) is 96.0 Å². The molecule has 1 fully saturated rings. The Kier molecular flexibility index (Phi) is 8.55. The van der Waals surface area contributed by atoms with Crippen molar-refractivity contribution in [3.63, 3.8) is 0 Å². The first-order valence-corrected chi connectivity index (χ1v) is 13.3. The van der Waals surface area contributed by atoms with E-state index in [0.29, 0.717) is 11.4 Å². The third kappa shape index (κ3) is 6.72. The van der Waals surface area contributed by atoms with Crippen LogP contribution in [-0.2, 0) is 26.2 Å². The van der Waals surface area contributed by atoms with Gasteiger partial charge in [-0.1, -0.05) is 49.2 Å². The van der Waals surface area contributed by atoms with Gasteiger partial charge in [-0.2, -0.15) is 0 Å².